The molecule has 2 aromatic rings. The fraction of sp³-hybridized carbons (Fsp3) is 0.125. The summed E-state index contributed by atoms with van der Waals surface area (Å²) in [6.45, 7) is 4.87. The average Bonchev–Trinajstić information content (AvgIpc) is 2.46. The molecule has 0 atom stereocenters. The van der Waals surface area contributed by atoms with Crippen LogP contribution in [0, 0.1) is 0 Å². The largest absolute Gasteiger partial charge is 0.381 e. The summed E-state index contributed by atoms with van der Waals surface area (Å²) >= 11 is 1.75. The zero-order valence-corrected chi connectivity index (χ0v) is 11.3. The maximum Gasteiger partial charge on any atom is 0.0400 e. The normalized spacial score (nSPS) is 10.1. The van der Waals surface area contributed by atoms with E-state index in [0.29, 0.717) is 0 Å². The molecular formula is C16H17NS. The number of benzene rings is 2. The monoisotopic (exact) mass is 255 g/mol. The van der Waals surface area contributed by atoms with E-state index < -0.39 is 0 Å². The molecule has 0 aromatic heterocycles. The summed E-state index contributed by atoms with van der Waals surface area (Å²) in [5.74, 6) is 0. The Bertz CT molecular complexity index is 502. The summed E-state index contributed by atoms with van der Waals surface area (Å²) in [5.41, 5.74) is 3.42. The molecular weight excluding hydrogens is 238 g/mol. The van der Waals surface area contributed by atoms with E-state index in [-0.39, 0.29) is 0 Å². The van der Waals surface area contributed by atoms with Crippen molar-refractivity contribution in [2.24, 2.45) is 0 Å². The van der Waals surface area contributed by atoms with E-state index in [2.05, 4.69) is 54.5 Å². The van der Waals surface area contributed by atoms with Gasteiger partial charge in [-0.25, -0.2) is 0 Å². The van der Waals surface area contributed by atoms with E-state index in [1.165, 1.54) is 10.5 Å². The molecule has 0 saturated carbocycles. The van der Waals surface area contributed by atoms with Crippen molar-refractivity contribution in [3.8, 4) is 0 Å². The van der Waals surface area contributed by atoms with Gasteiger partial charge in [0.15, 0.2) is 0 Å². The first kappa shape index (κ1) is 12.8. The van der Waals surface area contributed by atoms with Gasteiger partial charge in [0.25, 0.3) is 0 Å². The molecule has 2 aromatic carbocycles. The summed E-state index contributed by atoms with van der Waals surface area (Å²) in [6, 6.07) is 18.7. The molecule has 0 fully saturated rings. The zero-order chi connectivity index (χ0) is 12.8. The average molecular weight is 255 g/mol. The molecule has 0 saturated heterocycles. The number of nitrogens with one attached hydrogen (secondary N) is 1. The van der Waals surface area contributed by atoms with Crippen molar-refractivity contribution in [1.82, 2.24) is 0 Å². The maximum atomic E-state index is 4.11. The quantitative estimate of drug-likeness (QED) is 0.788. The number of hydrogen-bond acceptors (Lipinski definition) is 2. The Morgan fingerprint density at radius 2 is 1.72 bits per heavy atom. The summed E-state index contributed by atoms with van der Waals surface area (Å²) in [7, 11) is 0. The fourth-order valence-electron chi connectivity index (χ4n) is 1.69. The van der Waals surface area contributed by atoms with Crippen LogP contribution < -0.4 is 5.32 Å². The van der Waals surface area contributed by atoms with Gasteiger partial charge in [0.05, 0.1) is 0 Å². The highest BCUT2D eigenvalue weighted by Crippen LogP contribution is 2.18. The van der Waals surface area contributed by atoms with Crippen molar-refractivity contribution >= 4 is 23.0 Å². The predicted octanol–water partition coefficient (Wildman–Crippen LogP) is 4.53. The minimum Gasteiger partial charge on any atom is -0.381 e. The lowest BCUT2D eigenvalue weighted by Crippen LogP contribution is -2.03. The number of hydrogen-bond donors (Lipinski definition) is 1. The van der Waals surface area contributed by atoms with Crippen molar-refractivity contribution in [2.45, 2.75) is 4.90 Å². The van der Waals surface area contributed by atoms with Crippen LogP contribution in [-0.4, -0.2) is 12.8 Å². The van der Waals surface area contributed by atoms with Gasteiger partial charge in [0.1, 0.15) is 0 Å². The van der Waals surface area contributed by atoms with Gasteiger partial charge in [-0.1, -0.05) is 36.9 Å². The first-order valence-corrected chi connectivity index (χ1v) is 7.13. The van der Waals surface area contributed by atoms with Crippen molar-refractivity contribution in [3.63, 3.8) is 0 Å². The van der Waals surface area contributed by atoms with E-state index >= 15 is 0 Å². The van der Waals surface area contributed by atoms with Crippen LogP contribution in [-0.2, 0) is 0 Å². The van der Waals surface area contributed by atoms with E-state index in [4.69, 9.17) is 0 Å². The van der Waals surface area contributed by atoms with Crippen LogP contribution in [0.1, 0.15) is 5.56 Å². The molecule has 92 valence electrons. The third-order valence-electron chi connectivity index (χ3n) is 2.78. The second-order valence-corrected chi connectivity index (χ2v) is 4.93. The summed E-state index contributed by atoms with van der Waals surface area (Å²) in [6.07, 6.45) is 2.08. The molecule has 0 amide bonds. The van der Waals surface area contributed by atoms with Gasteiger partial charge in [0.2, 0.25) is 0 Å². The molecule has 0 spiro atoms. The molecule has 0 radical (unpaired) electrons. The molecule has 0 heterocycles. The van der Waals surface area contributed by atoms with Crippen molar-refractivity contribution in [3.05, 3.63) is 66.7 Å². The van der Waals surface area contributed by atoms with E-state index in [9.17, 15) is 0 Å². The molecule has 0 unspecified atom stereocenters. The second-order valence-electron chi connectivity index (χ2n) is 4.05. The standard InChI is InChI=1S/C16H17NS/c1-13(14-6-4-3-5-7-14)12-17-15-8-10-16(18-2)11-9-15/h3-11,17H,1,12H2,2H3. The van der Waals surface area contributed by atoms with E-state index in [1.807, 2.05) is 18.2 Å². The van der Waals surface area contributed by atoms with Crippen LogP contribution in [0.5, 0.6) is 0 Å². The number of thioether (sulfide) groups is 1. The molecule has 0 bridgehead atoms. The lowest BCUT2D eigenvalue weighted by atomic mass is 10.1. The molecule has 0 aliphatic heterocycles. The van der Waals surface area contributed by atoms with Gasteiger partial charge in [-0.15, -0.1) is 11.8 Å². The highest BCUT2D eigenvalue weighted by atomic mass is 32.2. The van der Waals surface area contributed by atoms with Gasteiger partial charge >= 0.3 is 0 Å². The van der Waals surface area contributed by atoms with Gasteiger partial charge in [-0.2, -0.15) is 0 Å². The minimum absolute atomic E-state index is 0.766. The molecule has 2 heteroatoms. The number of rotatable bonds is 5. The van der Waals surface area contributed by atoms with E-state index in [0.717, 1.165) is 17.8 Å². The van der Waals surface area contributed by atoms with Gasteiger partial charge in [-0.05, 0) is 41.7 Å². The van der Waals surface area contributed by atoms with Crippen LogP contribution in [0.15, 0.2) is 66.1 Å². The zero-order valence-electron chi connectivity index (χ0n) is 10.5. The molecule has 2 rings (SSSR count). The Kier molecular flexibility index (Phi) is 4.48. The smallest absolute Gasteiger partial charge is 0.0400 e. The Morgan fingerprint density at radius 1 is 1.06 bits per heavy atom. The third kappa shape index (κ3) is 3.41. The fourth-order valence-corrected chi connectivity index (χ4v) is 2.10. The Labute approximate surface area is 113 Å². The third-order valence-corrected chi connectivity index (χ3v) is 3.52. The molecule has 1 nitrogen and oxygen atoms in total. The first-order valence-electron chi connectivity index (χ1n) is 5.91. The van der Waals surface area contributed by atoms with Crippen molar-refractivity contribution in [1.29, 1.82) is 0 Å². The molecule has 18 heavy (non-hydrogen) atoms. The van der Waals surface area contributed by atoms with Crippen LogP contribution >= 0.6 is 11.8 Å². The Hall–Kier alpha value is -1.67. The highest BCUT2D eigenvalue weighted by Gasteiger charge is 1.98. The highest BCUT2D eigenvalue weighted by molar-refractivity contribution is 7.98. The second kappa shape index (κ2) is 6.31. The molecule has 0 aliphatic carbocycles. The maximum absolute atomic E-state index is 4.11. The summed E-state index contributed by atoms with van der Waals surface area (Å²) in [5, 5.41) is 3.39. The topological polar surface area (TPSA) is 12.0 Å². The SMILES string of the molecule is C=C(CNc1ccc(SC)cc1)c1ccccc1. The van der Waals surface area contributed by atoms with Gasteiger partial charge in [-0.3, -0.25) is 0 Å². The predicted molar refractivity (Wildman–Crippen MR) is 82.2 cm³/mol. The summed E-state index contributed by atoms with van der Waals surface area (Å²) in [4.78, 5) is 1.28. The van der Waals surface area contributed by atoms with Gasteiger partial charge in [0, 0.05) is 17.1 Å². The lowest BCUT2D eigenvalue weighted by Gasteiger charge is -2.09. The van der Waals surface area contributed by atoms with Crippen LogP contribution in [0.4, 0.5) is 5.69 Å². The van der Waals surface area contributed by atoms with Crippen molar-refractivity contribution in [2.75, 3.05) is 18.1 Å². The van der Waals surface area contributed by atoms with Crippen LogP contribution in [0.2, 0.25) is 0 Å². The molecule has 1 N–H and O–H groups in total. The summed E-state index contributed by atoms with van der Waals surface area (Å²) < 4.78 is 0. The van der Waals surface area contributed by atoms with Crippen molar-refractivity contribution < 1.29 is 0 Å². The first-order chi connectivity index (χ1) is 8.79. The Balaban J connectivity index is 1.93. The number of anilines is 1. The Morgan fingerprint density at radius 3 is 2.33 bits per heavy atom. The van der Waals surface area contributed by atoms with E-state index in [1.54, 1.807) is 11.8 Å². The van der Waals surface area contributed by atoms with Crippen LogP contribution in [0.25, 0.3) is 5.57 Å². The van der Waals surface area contributed by atoms with Gasteiger partial charge < -0.3 is 5.32 Å². The minimum atomic E-state index is 0.766. The molecule has 0 aliphatic rings. The van der Waals surface area contributed by atoms with Crippen LogP contribution in [0.3, 0.4) is 0 Å². The lowest BCUT2D eigenvalue weighted by molar-refractivity contribution is 1.33.